The van der Waals surface area contributed by atoms with E-state index in [1.165, 1.54) is 4.90 Å². The lowest BCUT2D eigenvalue weighted by Crippen LogP contribution is -2.47. The van der Waals surface area contributed by atoms with E-state index in [-0.39, 0.29) is 6.54 Å². The molecule has 0 fully saturated rings. The molecule has 6 nitrogen and oxygen atoms in total. The summed E-state index contributed by atoms with van der Waals surface area (Å²) in [6, 6.07) is 7.07. The highest BCUT2D eigenvalue weighted by Crippen LogP contribution is 2.18. The lowest BCUT2D eigenvalue weighted by Gasteiger charge is -2.31. The van der Waals surface area contributed by atoms with Crippen molar-refractivity contribution in [2.24, 2.45) is 11.7 Å². The number of aliphatic hydroxyl groups excluding tert-OH is 1. The first kappa shape index (κ1) is 22.3. The second-order valence-corrected chi connectivity index (χ2v) is 8.07. The number of methoxy groups -OCH3 is 1. The molecule has 0 heterocycles. The van der Waals surface area contributed by atoms with Crippen molar-refractivity contribution in [3.05, 3.63) is 29.8 Å². The second kappa shape index (κ2) is 9.78. The van der Waals surface area contributed by atoms with E-state index in [1.54, 1.807) is 7.11 Å². The van der Waals surface area contributed by atoms with Crippen LogP contribution in [0.15, 0.2) is 24.3 Å². The molecule has 0 saturated heterocycles. The Balaban J connectivity index is 2.92. The van der Waals surface area contributed by atoms with Gasteiger partial charge >= 0.3 is 6.09 Å². The highest BCUT2D eigenvalue weighted by atomic mass is 16.6. The molecule has 0 bridgehead atoms. The Bertz CT molecular complexity index is 569. The van der Waals surface area contributed by atoms with Gasteiger partial charge in [-0.2, -0.15) is 0 Å². The van der Waals surface area contributed by atoms with E-state index >= 15 is 0 Å². The molecule has 0 aliphatic heterocycles. The SMILES string of the molecule is COc1cccc(CN(C[C@@H](O)[C@@H](N)CC(C)C)C(=O)OC(C)(C)C)c1. The van der Waals surface area contributed by atoms with Crippen LogP contribution in [0.1, 0.15) is 46.6 Å². The molecule has 0 radical (unpaired) electrons. The number of amides is 1. The van der Waals surface area contributed by atoms with E-state index in [2.05, 4.69) is 13.8 Å². The van der Waals surface area contributed by atoms with Crippen LogP contribution in [0.5, 0.6) is 5.75 Å². The first-order valence-corrected chi connectivity index (χ1v) is 9.06. The maximum atomic E-state index is 12.6. The standard InChI is InChI=1S/C20H34N2O4/c1-14(2)10-17(21)18(23)13-22(19(24)26-20(3,4)5)12-15-8-7-9-16(11-15)25-6/h7-9,11,14,17-18,23H,10,12-13,21H2,1-6H3/t17-,18+/m0/s1. The fraction of sp³-hybridized carbons (Fsp3) is 0.650. The molecule has 1 aromatic rings. The van der Waals surface area contributed by atoms with Gasteiger partial charge in [0.25, 0.3) is 0 Å². The number of hydrogen-bond donors (Lipinski definition) is 2. The second-order valence-electron chi connectivity index (χ2n) is 8.07. The third-order valence-corrected chi connectivity index (χ3v) is 3.80. The van der Waals surface area contributed by atoms with Gasteiger partial charge in [0.15, 0.2) is 0 Å². The molecule has 6 heteroatoms. The van der Waals surface area contributed by atoms with E-state index < -0.39 is 23.8 Å². The molecule has 1 rings (SSSR count). The first-order valence-electron chi connectivity index (χ1n) is 9.06. The van der Waals surface area contributed by atoms with E-state index in [4.69, 9.17) is 15.2 Å². The largest absolute Gasteiger partial charge is 0.497 e. The van der Waals surface area contributed by atoms with Crippen molar-refractivity contribution in [2.75, 3.05) is 13.7 Å². The summed E-state index contributed by atoms with van der Waals surface area (Å²) in [7, 11) is 1.60. The van der Waals surface area contributed by atoms with Crippen molar-refractivity contribution in [3.63, 3.8) is 0 Å². The smallest absolute Gasteiger partial charge is 0.410 e. The van der Waals surface area contributed by atoms with Crippen LogP contribution in [0.3, 0.4) is 0 Å². The van der Waals surface area contributed by atoms with Gasteiger partial charge < -0.3 is 25.2 Å². The molecular weight excluding hydrogens is 332 g/mol. The Labute approximate surface area is 157 Å². The van der Waals surface area contributed by atoms with Gasteiger partial charge in [0.2, 0.25) is 0 Å². The topological polar surface area (TPSA) is 85.0 Å². The number of aliphatic hydroxyl groups is 1. The average Bonchev–Trinajstić information content (AvgIpc) is 2.52. The highest BCUT2D eigenvalue weighted by molar-refractivity contribution is 5.68. The molecule has 0 aliphatic rings. The van der Waals surface area contributed by atoms with Crippen molar-refractivity contribution < 1.29 is 19.4 Å². The van der Waals surface area contributed by atoms with Crippen molar-refractivity contribution in [3.8, 4) is 5.75 Å². The highest BCUT2D eigenvalue weighted by Gasteiger charge is 2.26. The van der Waals surface area contributed by atoms with Crippen LogP contribution in [0.4, 0.5) is 4.79 Å². The number of rotatable bonds is 8. The normalized spacial score (nSPS) is 14.0. The number of carbonyl (C=O) groups is 1. The summed E-state index contributed by atoms with van der Waals surface area (Å²) in [6.45, 7) is 9.96. The summed E-state index contributed by atoms with van der Waals surface area (Å²) in [5, 5.41) is 10.5. The Morgan fingerprint density at radius 2 is 1.96 bits per heavy atom. The number of nitrogens with zero attached hydrogens (tertiary/aromatic N) is 1. The predicted molar refractivity (Wildman–Crippen MR) is 103 cm³/mol. The fourth-order valence-corrected chi connectivity index (χ4v) is 2.58. The maximum absolute atomic E-state index is 12.6. The van der Waals surface area contributed by atoms with E-state index in [1.807, 2.05) is 45.0 Å². The molecule has 1 aromatic carbocycles. The molecule has 0 spiro atoms. The van der Waals surface area contributed by atoms with E-state index in [9.17, 15) is 9.90 Å². The minimum absolute atomic E-state index is 0.111. The van der Waals surface area contributed by atoms with Crippen LogP contribution in [0.25, 0.3) is 0 Å². The summed E-state index contributed by atoms with van der Waals surface area (Å²) >= 11 is 0. The summed E-state index contributed by atoms with van der Waals surface area (Å²) < 4.78 is 10.7. The van der Waals surface area contributed by atoms with Crippen molar-refractivity contribution in [1.29, 1.82) is 0 Å². The third-order valence-electron chi connectivity index (χ3n) is 3.80. The van der Waals surface area contributed by atoms with Gasteiger partial charge in [0.05, 0.1) is 19.8 Å². The average molecular weight is 367 g/mol. The Kier molecular flexibility index (Phi) is 8.37. The zero-order chi connectivity index (χ0) is 19.9. The molecule has 26 heavy (non-hydrogen) atoms. The summed E-state index contributed by atoms with van der Waals surface area (Å²) in [5.41, 5.74) is 6.36. The third kappa shape index (κ3) is 8.06. The van der Waals surface area contributed by atoms with Gasteiger partial charge in [-0.05, 0) is 50.8 Å². The molecule has 148 valence electrons. The van der Waals surface area contributed by atoms with Gasteiger partial charge in [-0.25, -0.2) is 4.79 Å². The number of hydrogen-bond acceptors (Lipinski definition) is 5. The quantitative estimate of drug-likeness (QED) is 0.738. The van der Waals surface area contributed by atoms with Crippen LogP contribution < -0.4 is 10.5 Å². The lowest BCUT2D eigenvalue weighted by atomic mass is 9.99. The van der Waals surface area contributed by atoms with Crippen LogP contribution in [0, 0.1) is 5.92 Å². The predicted octanol–water partition coefficient (Wildman–Crippen LogP) is 3.17. The molecule has 0 aromatic heterocycles. The minimum Gasteiger partial charge on any atom is -0.497 e. The van der Waals surface area contributed by atoms with E-state index in [0.29, 0.717) is 24.6 Å². The zero-order valence-electron chi connectivity index (χ0n) is 16.9. The van der Waals surface area contributed by atoms with Crippen molar-refractivity contribution >= 4 is 6.09 Å². The number of carbonyl (C=O) groups excluding carboxylic acids is 1. The molecular formula is C20H34N2O4. The van der Waals surface area contributed by atoms with Crippen molar-refractivity contribution in [1.82, 2.24) is 4.90 Å². The zero-order valence-corrected chi connectivity index (χ0v) is 16.9. The number of ether oxygens (including phenoxy) is 2. The number of nitrogens with two attached hydrogens (primary N) is 1. The van der Waals surface area contributed by atoms with Gasteiger partial charge in [0, 0.05) is 12.6 Å². The van der Waals surface area contributed by atoms with Gasteiger partial charge in [-0.1, -0.05) is 26.0 Å². The Hall–Kier alpha value is -1.79. The van der Waals surface area contributed by atoms with Crippen LogP contribution in [0.2, 0.25) is 0 Å². The maximum Gasteiger partial charge on any atom is 0.410 e. The van der Waals surface area contributed by atoms with E-state index in [0.717, 1.165) is 5.56 Å². The Morgan fingerprint density at radius 3 is 2.50 bits per heavy atom. The lowest BCUT2D eigenvalue weighted by molar-refractivity contribution is 0.00914. The van der Waals surface area contributed by atoms with Gasteiger partial charge in [-0.15, -0.1) is 0 Å². The van der Waals surface area contributed by atoms with Crippen LogP contribution in [-0.4, -0.2) is 47.5 Å². The van der Waals surface area contributed by atoms with Gasteiger partial charge in [0.1, 0.15) is 11.4 Å². The molecule has 1 amide bonds. The summed E-state index contributed by atoms with van der Waals surface area (Å²) in [6.07, 6.45) is -0.616. The molecule has 2 atom stereocenters. The minimum atomic E-state index is -0.824. The molecule has 3 N–H and O–H groups in total. The molecule has 0 saturated carbocycles. The Morgan fingerprint density at radius 1 is 1.31 bits per heavy atom. The molecule has 0 aliphatic carbocycles. The van der Waals surface area contributed by atoms with Crippen LogP contribution in [-0.2, 0) is 11.3 Å². The first-order chi connectivity index (χ1) is 12.0. The van der Waals surface area contributed by atoms with Gasteiger partial charge in [-0.3, -0.25) is 0 Å². The monoisotopic (exact) mass is 366 g/mol. The summed E-state index contributed by atoms with van der Waals surface area (Å²) in [5.74, 6) is 1.08. The van der Waals surface area contributed by atoms with Crippen LogP contribution >= 0.6 is 0 Å². The summed E-state index contributed by atoms with van der Waals surface area (Å²) in [4.78, 5) is 14.1. The fourth-order valence-electron chi connectivity index (χ4n) is 2.58. The molecule has 0 unspecified atom stereocenters. The number of benzene rings is 1. The van der Waals surface area contributed by atoms with Crippen molar-refractivity contribution in [2.45, 2.75) is 65.3 Å².